The number of hydrogen-bond acceptors (Lipinski definition) is 7. The maximum absolute atomic E-state index is 10.1. The number of nitrogens with two attached hydrogens (primary N) is 1. The summed E-state index contributed by atoms with van der Waals surface area (Å²) < 4.78 is 14.6. The van der Waals surface area contributed by atoms with Crippen LogP contribution in [-0.2, 0) is 19.0 Å². The molecule has 1 heterocycles. The molecule has 17 heavy (non-hydrogen) atoms. The minimum Gasteiger partial charge on any atom is -0.464 e. The zero-order valence-corrected chi connectivity index (χ0v) is 10.1. The van der Waals surface area contributed by atoms with Gasteiger partial charge in [-0.15, -0.1) is 0 Å². The van der Waals surface area contributed by atoms with Gasteiger partial charge in [0, 0.05) is 6.42 Å². The van der Waals surface area contributed by atoms with Gasteiger partial charge in [-0.05, 0) is 13.5 Å². The lowest BCUT2D eigenvalue weighted by Crippen LogP contribution is -2.28. The number of methoxy groups -OCH3 is 1. The molecule has 7 nitrogen and oxygen atoms in total. The highest BCUT2D eigenvalue weighted by Gasteiger charge is 2.29. The third-order valence-corrected chi connectivity index (χ3v) is 2.05. The molecule has 0 spiro atoms. The van der Waals surface area contributed by atoms with Gasteiger partial charge in [-0.3, -0.25) is 5.41 Å². The summed E-state index contributed by atoms with van der Waals surface area (Å²) in [5, 5.41) is 13.0. The first-order valence-electron chi connectivity index (χ1n) is 5.14. The third kappa shape index (κ3) is 6.10. The molecule has 1 fully saturated rings. The van der Waals surface area contributed by atoms with Crippen molar-refractivity contribution in [2.45, 2.75) is 19.1 Å². The Balaban J connectivity index is 0.000000304. The molecule has 0 aromatic heterocycles. The Morgan fingerprint density at radius 3 is 2.35 bits per heavy atom. The molecule has 0 aliphatic carbocycles. The Kier molecular flexibility index (Phi) is 7.27. The molecule has 1 aliphatic heterocycles. The summed E-state index contributed by atoms with van der Waals surface area (Å²) in [6, 6.07) is 0. The fourth-order valence-electron chi connectivity index (χ4n) is 1.13. The zero-order chi connectivity index (χ0) is 13.3. The molecular weight excluding hydrogens is 226 g/mol. The molecular formula is C10H19N3O4. The van der Waals surface area contributed by atoms with Crippen molar-refractivity contribution in [2.75, 3.05) is 26.9 Å². The predicted molar refractivity (Wildman–Crippen MR) is 62.5 cm³/mol. The topological polar surface area (TPSA) is 118 Å². The number of rotatable bonds is 4. The van der Waals surface area contributed by atoms with Gasteiger partial charge < -0.3 is 25.4 Å². The Bertz CT molecular complexity index is 275. The lowest BCUT2D eigenvalue weighted by Gasteiger charge is -2.20. The molecule has 1 saturated heterocycles. The molecule has 4 N–H and O–H groups in total. The van der Waals surface area contributed by atoms with Crippen LogP contribution in [0.25, 0.3) is 0 Å². The number of nitrogens with one attached hydrogen (secondary N) is 2. The highest BCUT2D eigenvalue weighted by molar-refractivity contribution is 6.57. The maximum Gasteiger partial charge on any atom is 0.357 e. The van der Waals surface area contributed by atoms with Crippen LogP contribution in [0.4, 0.5) is 0 Å². The molecule has 0 radical (unpaired) electrons. The van der Waals surface area contributed by atoms with Crippen LogP contribution in [0.3, 0.4) is 0 Å². The predicted octanol–water partition coefficient (Wildman–Crippen LogP) is -0.0731. The summed E-state index contributed by atoms with van der Waals surface area (Å²) in [5.41, 5.74) is 4.90. The van der Waals surface area contributed by atoms with Gasteiger partial charge in [-0.2, -0.15) is 0 Å². The summed E-state index contributed by atoms with van der Waals surface area (Å²) in [6.07, 6.45) is 1.42. The molecule has 0 bridgehead atoms. The van der Waals surface area contributed by atoms with Gasteiger partial charge in [0.25, 0.3) is 0 Å². The number of carbonyl (C=O) groups is 1. The first-order chi connectivity index (χ1) is 7.99. The number of ether oxygens (including phenoxy) is 3. The van der Waals surface area contributed by atoms with Crippen LogP contribution in [0.2, 0.25) is 0 Å². The molecule has 0 aromatic rings. The van der Waals surface area contributed by atoms with Crippen LogP contribution < -0.4 is 5.73 Å². The fourth-order valence-corrected chi connectivity index (χ4v) is 1.13. The normalized spacial score (nSPS) is 16.6. The van der Waals surface area contributed by atoms with E-state index in [0.717, 1.165) is 6.42 Å². The van der Waals surface area contributed by atoms with E-state index in [-0.39, 0.29) is 5.79 Å². The van der Waals surface area contributed by atoms with E-state index in [0.29, 0.717) is 26.0 Å². The molecule has 0 aromatic carbocycles. The quantitative estimate of drug-likeness (QED) is 0.473. The van der Waals surface area contributed by atoms with E-state index < -0.39 is 11.7 Å². The maximum atomic E-state index is 10.1. The SMILES string of the molecule is CC1(CCN)OCCO1.COC(=O)C(=N)C=N. The van der Waals surface area contributed by atoms with E-state index in [1.165, 1.54) is 7.11 Å². The molecule has 0 atom stereocenters. The van der Waals surface area contributed by atoms with Gasteiger partial charge in [-0.25, -0.2) is 4.79 Å². The van der Waals surface area contributed by atoms with E-state index in [4.69, 9.17) is 26.0 Å². The van der Waals surface area contributed by atoms with Crippen molar-refractivity contribution >= 4 is 17.9 Å². The van der Waals surface area contributed by atoms with Gasteiger partial charge >= 0.3 is 5.97 Å². The smallest absolute Gasteiger partial charge is 0.357 e. The Morgan fingerprint density at radius 1 is 1.53 bits per heavy atom. The molecule has 0 saturated carbocycles. The molecule has 98 valence electrons. The highest BCUT2D eigenvalue weighted by Crippen LogP contribution is 2.20. The summed E-state index contributed by atoms with van der Waals surface area (Å²) in [6.45, 7) is 3.95. The molecule has 1 rings (SSSR count). The highest BCUT2D eigenvalue weighted by atomic mass is 16.7. The van der Waals surface area contributed by atoms with Crippen molar-refractivity contribution in [3.05, 3.63) is 0 Å². The van der Waals surface area contributed by atoms with Crippen LogP contribution in [0, 0.1) is 10.8 Å². The molecule has 0 unspecified atom stereocenters. The van der Waals surface area contributed by atoms with Gasteiger partial charge in [-0.1, -0.05) is 0 Å². The van der Waals surface area contributed by atoms with Crippen molar-refractivity contribution < 1.29 is 19.0 Å². The average Bonchev–Trinajstić information content (AvgIpc) is 2.75. The minimum atomic E-state index is -0.778. The van der Waals surface area contributed by atoms with E-state index in [9.17, 15) is 4.79 Å². The molecule has 0 amide bonds. The van der Waals surface area contributed by atoms with Gasteiger partial charge in [0.2, 0.25) is 0 Å². The fraction of sp³-hybridized carbons (Fsp3) is 0.700. The van der Waals surface area contributed by atoms with E-state index in [1.54, 1.807) is 0 Å². The molecule has 7 heteroatoms. The number of esters is 1. The number of hydrogen-bond donors (Lipinski definition) is 3. The van der Waals surface area contributed by atoms with Crippen molar-refractivity contribution in [2.24, 2.45) is 5.73 Å². The van der Waals surface area contributed by atoms with E-state index in [1.807, 2.05) is 6.92 Å². The zero-order valence-electron chi connectivity index (χ0n) is 10.1. The lowest BCUT2D eigenvalue weighted by molar-refractivity contribution is -0.144. The summed E-state index contributed by atoms with van der Waals surface area (Å²) in [5.74, 6) is -1.16. The first-order valence-corrected chi connectivity index (χ1v) is 5.14. The first kappa shape index (κ1) is 15.7. The summed E-state index contributed by atoms with van der Waals surface area (Å²) in [7, 11) is 1.17. The summed E-state index contributed by atoms with van der Waals surface area (Å²) >= 11 is 0. The minimum absolute atomic E-state index is 0.380. The second-order valence-corrected chi connectivity index (χ2v) is 3.42. The Labute approximate surface area is 100 Å². The van der Waals surface area contributed by atoms with Crippen molar-refractivity contribution in [3.8, 4) is 0 Å². The number of carbonyl (C=O) groups excluding carboxylic acids is 1. The Morgan fingerprint density at radius 2 is 2.06 bits per heavy atom. The van der Waals surface area contributed by atoms with Crippen LogP contribution >= 0.6 is 0 Å². The molecule has 1 aliphatic rings. The van der Waals surface area contributed by atoms with Gasteiger partial charge in [0.05, 0.1) is 26.5 Å². The average molecular weight is 245 g/mol. The third-order valence-electron chi connectivity index (χ3n) is 2.05. The van der Waals surface area contributed by atoms with Crippen LogP contribution in [0.5, 0.6) is 0 Å². The lowest BCUT2D eigenvalue weighted by atomic mass is 10.2. The van der Waals surface area contributed by atoms with Crippen molar-refractivity contribution in [1.82, 2.24) is 0 Å². The van der Waals surface area contributed by atoms with E-state index in [2.05, 4.69) is 4.74 Å². The Hall–Kier alpha value is -1.31. The van der Waals surface area contributed by atoms with Crippen LogP contribution in [0.15, 0.2) is 0 Å². The monoisotopic (exact) mass is 245 g/mol. The second-order valence-electron chi connectivity index (χ2n) is 3.42. The van der Waals surface area contributed by atoms with Crippen LogP contribution in [-0.4, -0.2) is 50.6 Å². The second kappa shape index (κ2) is 7.88. The van der Waals surface area contributed by atoms with Gasteiger partial charge in [0.1, 0.15) is 0 Å². The standard InChI is InChI=1S/C6H13NO2.C4H6N2O2/c1-6(2-3-7)8-4-5-9-6;1-8-4(7)3(6)2-5/h2-5,7H2,1H3;2,5-6H,1H3. The summed E-state index contributed by atoms with van der Waals surface area (Å²) in [4.78, 5) is 10.1. The largest absolute Gasteiger partial charge is 0.464 e. The van der Waals surface area contributed by atoms with Crippen LogP contribution in [0.1, 0.15) is 13.3 Å². The van der Waals surface area contributed by atoms with E-state index >= 15 is 0 Å². The van der Waals surface area contributed by atoms with Gasteiger partial charge in [0.15, 0.2) is 11.5 Å². The van der Waals surface area contributed by atoms with Crippen molar-refractivity contribution in [1.29, 1.82) is 10.8 Å². The van der Waals surface area contributed by atoms with Crippen molar-refractivity contribution in [3.63, 3.8) is 0 Å².